The molecular weight excluding hydrogens is 1960 g/mol. The molecule has 14 rings (SSSR count). The van der Waals surface area contributed by atoms with E-state index in [1.54, 1.807) is 274 Å². The van der Waals surface area contributed by atoms with Gasteiger partial charge >= 0.3 is 40.0 Å². The molecule has 0 fully saturated rings. The zero-order valence-electron chi connectivity index (χ0n) is 83.2. The smallest absolute Gasteiger partial charge is 0.313 e. The van der Waals surface area contributed by atoms with Gasteiger partial charge in [0.05, 0.1) is 39.2 Å². The molecule has 0 unspecified atom stereocenters. The van der Waals surface area contributed by atoms with Crippen molar-refractivity contribution in [2.45, 2.75) is 159 Å². The minimum absolute atomic E-state index is 0.109. The lowest BCUT2D eigenvalue weighted by molar-refractivity contribution is -0.111. The molecule has 0 saturated carbocycles. The van der Waals surface area contributed by atoms with Crippen molar-refractivity contribution in [2.24, 2.45) is 30.9 Å². The van der Waals surface area contributed by atoms with Crippen molar-refractivity contribution in [3.8, 4) is 0 Å². The predicted molar refractivity (Wildman–Crippen MR) is 586 cm³/mol. The second kappa shape index (κ2) is 64.0. The van der Waals surface area contributed by atoms with E-state index in [2.05, 4.69) is 49.1 Å². The molecule has 0 aliphatic rings. The molecule has 0 spiro atoms. The van der Waals surface area contributed by atoms with E-state index in [1.165, 1.54) is 26.0 Å². The van der Waals surface area contributed by atoms with E-state index in [0.717, 1.165) is 96.8 Å². The van der Waals surface area contributed by atoms with Crippen molar-refractivity contribution in [2.75, 3.05) is 6.26 Å². The zero-order chi connectivity index (χ0) is 106. The van der Waals surface area contributed by atoms with Crippen LogP contribution in [0.1, 0.15) is 217 Å². The number of nitrogens with zero attached hydrogens (tertiary/aromatic N) is 6. The van der Waals surface area contributed by atoms with Crippen molar-refractivity contribution in [1.29, 1.82) is 0 Å². The molecule has 0 heterocycles. The largest absolute Gasteiger partial charge is 0.365 e. The first kappa shape index (κ1) is 116. The van der Waals surface area contributed by atoms with Crippen LogP contribution in [0.4, 0.5) is 0 Å². The second-order valence-electron chi connectivity index (χ2n) is 32.4. The number of hydrogen-bond acceptors (Lipinski definition) is 28. The maximum absolute atomic E-state index is 13.1. The topological polar surface area (TPSA) is 334 Å². The highest BCUT2D eigenvalue weighted by Gasteiger charge is 2.24. The molecule has 0 aliphatic heterocycles. The molecule has 148 heavy (non-hydrogen) atoms. The number of benzene rings is 14. The fraction of sp³-hybridized carbons (Fsp3) is 0.160. The lowest BCUT2D eigenvalue weighted by Crippen LogP contribution is -2.23. The number of carbonyl (C=O) groups excluding carboxylic acids is 10. The Morgan fingerprint density at radius 1 is 0.264 bits per heavy atom. The second-order valence-corrected chi connectivity index (χ2v) is 38.2. The molecule has 0 aromatic heterocycles. The van der Waals surface area contributed by atoms with Crippen LogP contribution in [-0.4, -0.2) is 108 Å². The van der Waals surface area contributed by atoms with E-state index < -0.39 is 57.2 Å². The van der Waals surface area contributed by atoms with Crippen molar-refractivity contribution < 1.29 is 84.8 Å². The quantitative estimate of drug-likeness (QED) is 0.00655. The number of carbonyl (C=O) groups is 10. The van der Waals surface area contributed by atoms with Crippen LogP contribution >= 0.6 is 47.0 Å². The van der Waals surface area contributed by atoms with E-state index in [0.29, 0.717) is 63.2 Å². The molecule has 24 nitrogen and oxygen atoms in total. The van der Waals surface area contributed by atoms with Crippen LogP contribution < -0.4 is 0 Å². The van der Waals surface area contributed by atoms with Crippen molar-refractivity contribution >= 4 is 150 Å². The van der Waals surface area contributed by atoms with Crippen LogP contribution in [-0.2, 0) is 43.4 Å². The Labute approximate surface area is 880 Å². The number of hydrogen-bond donors (Lipinski definition) is 0. The Morgan fingerprint density at radius 2 is 0.534 bits per heavy atom. The lowest BCUT2D eigenvalue weighted by atomic mass is 10.0. The molecule has 0 bridgehead atoms. The number of Topliss-reactive ketones (excluding diaryl/α,β-unsaturated/α-hetero) is 5. The van der Waals surface area contributed by atoms with Crippen molar-refractivity contribution in [3.63, 3.8) is 0 Å². The maximum atomic E-state index is 13.1. The molecule has 756 valence electrons. The van der Waals surface area contributed by atoms with Gasteiger partial charge in [-0.1, -0.05) is 312 Å². The summed E-state index contributed by atoms with van der Waals surface area (Å²) in [6.07, 6.45) is 11.0. The minimum atomic E-state index is -3.76. The number of oxime groups is 6. The van der Waals surface area contributed by atoms with Gasteiger partial charge < -0.3 is 24.2 Å². The van der Waals surface area contributed by atoms with Crippen LogP contribution in [0.5, 0.6) is 0 Å². The Morgan fingerprint density at radius 3 is 0.838 bits per heavy atom. The van der Waals surface area contributed by atoms with Gasteiger partial charge in [0.2, 0.25) is 23.1 Å². The van der Waals surface area contributed by atoms with Crippen molar-refractivity contribution in [3.05, 3.63) is 456 Å². The van der Waals surface area contributed by atoms with E-state index in [-0.39, 0.29) is 50.5 Å². The third-order valence-electron chi connectivity index (χ3n) is 20.7. The van der Waals surface area contributed by atoms with Gasteiger partial charge in [-0.05, 0) is 278 Å². The van der Waals surface area contributed by atoms with E-state index in [1.807, 2.05) is 189 Å². The fourth-order valence-corrected chi connectivity index (χ4v) is 16.4. The van der Waals surface area contributed by atoms with Crippen molar-refractivity contribution in [1.82, 2.24) is 0 Å². The lowest BCUT2D eigenvalue weighted by Gasteiger charge is -2.07. The SMILES string of the molecule is C/C(=N\OC(=O)c1ccccc1)C(=O)c1ccc(Sc2ccccc2)cc1.C/C(=N\OC(=O)c1ccccc1)c1ccccc1.CC(=O)/C(=N\OC(=O)c1ccccc1)C(=O)c1ccc(Sc2ccccc2)cc1.CC(C)=NOS(=O)(=O)c1ccc(C)cc1.CCCCCC/C(=N\OC(=O)c1ccccc1)C(=O)c1ccc(SC)cc1.CCCCCC/C(=N\OC(=O)c1ccccc1)C(=O)c1ccc(Sc2ccccc2)cc1. The Hall–Kier alpha value is -16.1. The summed E-state index contributed by atoms with van der Waals surface area (Å²) in [5.74, 6) is -4.81. The average molecular weight is 2070 g/mol. The Kier molecular flexibility index (Phi) is 49.9. The molecule has 0 atom stereocenters. The Bertz CT molecular complexity index is 6940. The molecule has 0 radical (unpaired) electrons. The number of aryl methyl sites for hydroxylation is 1. The summed E-state index contributed by atoms with van der Waals surface area (Å²) < 4.78 is 27.5. The molecule has 14 aromatic carbocycles. The monoisotopic (exact) mass is 2070 g/mol. The molecule has 0 N–H and O–H groups in total. The molecule has 0 saturated heterocycles. The highest BCUT2D eigenvalue weighted by molar-refractivity contribution is 8.00. The first-order chi connectivity index (χ1) is 71.7. The first-order valence-corrected chi connectivity index (χ1v) is 52.3. The summed E-state index contributed by atoms with van der Waals surface area (Å²) in [5, 5.41) is 22.4. The number of thioether (sulfide) groups is 1. The summed E-state index contributed by atoms with van der Waals surface area (Å²) in [5.41, 5.74) is 7.18. The van der Waals surface area contributed by atoms with E-state index in [4.69, 9.17) is 24.2 Å². The van der Waals surface area contributed by atoms with Crippen LogP contribution in [0.3, 0.4) is 0 Å². The van der Waals surface area contributed by atoms with Crippen LogP contribution in [0.15, 0.2) is 464 Å². The van der Waals surface area contributed by atoms with Crippen LogP contribution in [0.2, 0.25) is 0 Å². The summed E-state index contributed by atoms with van der Waals surface area (Å²) in [7, 11) is -3.76. The standard InChI is InChI=1S/C27H27NO3S.C23H17NO4S.C22H17NO3S.C22H25NO3S.C15H13NO2.C10H13NO3S/c1-2-3-4-11-16-25(28-31-27(30)22-12-7-5-8-13-22)26(29)21-17-19-24(20-18-21)32-23-14-9-6-10-15-23;1-16(25)21(24-28-23(27)18-8-4-2-5-9-18)22(26)17-12-14-20(15-13-17)29-19-10-6-3-7-11-19;1-16(23-26-22(25)18-8-4-2-5-9-18)21(24)17-12-14-20(15-13-17)27-19-10-6-3-7-11-19;1-3-4-5-9-12-20(21(24)17-13-15-19(27-2)16-14-17)23-26-22(25)18-10-7-6-8-11-18;1-12(13-8-4-2-5-9-13)16-18-15(17)14-10-6-3-7-11-14;1-8(2)11-14-15(12,13)10-6-4-9(3)5-7-10/h5-10,12-15,17-20H,2-4,11,16H2,1H3;2-15H,1H3;2-15H,1H3;6-8,10-11,13-16H,3-5,9,12H2,1-2H3;2-11H,1H3;4-7H,1-3H3/b28-25+;24-21+;23-16+;23-20+;16-12+;. The zero-order valence-corrected chi connectivity index (χ0v) is 87.3. The molecular formula is C119H112N6O18S5. The van der Waals surface area contributed by atoms with Gasteiger partial charge in [0.25, 0.3) is 0 Å². The Balaban J connectivity index is 0.000000200. The van der Waals surface area contributed by atoms with Crippen LogP contribution in [0.25, 0.3) is 0 Å². The van der Waals surface area contributed by atoms with Crippen LogP contribution in [0, 0.1) is 6.92 Å². The molecule has 0 amide bonds. The predicted octanol–water partition coefficient (Wildman–Crippen LogP) is 28.4. The van der Waals surface area contributed by atoms with E-state index in [9.17, 15) is 56.4 Å². The van der Waals surface area contributed by atoms with Gasteiger partial charge in [0, 0.05) is 63.4 Å². The van der Waals surface area contributed by atoms with Gasteiger partial charge in [-0.15, -0.1) is 11.8 Å². The third kappa shape index (κ3) is 41.2. The van der Waals surface area contributed by atoms with E-state index >= 15 is 0 Å². The third-order valence-corrected chi connectivity index (χ3v) is 25.6. The molecule has 29 heteroatoms. The van der Waals surface area contributed by atoms with Gasteiger partial charge in [-0.25, -0.2) is 24.0 Å². The van der Waals surface area contributed by atoms with Gasteiger partial charge in [0.1, 0.15) is 22.0 Å². The van der Waals surface area contributed by atoms with Gasteiger partial charge in [-0.3, -0.25) is 28.3 Å². The van der Waals surface area contributed by atoms with Gasteiger partial charge in [-0.2, -0.15) is 8.42 Å². The first-order valence-electron chi connectivity index (χ1n) is 47.2. The average Bonchev–Trinajstić information content (AvgIpc) is 0.838. The number of ketones is 5. The number of unbranched alkanes of at least 4 members (excludes halogenated alkanes) is 6. The minimum Gasteiger partial charge on any atom is -0.313 e. The highest BCUT2D eigenvalue weighted by Crippen LogP contribution is 2.32. The fourth-order valence-electron chi connectivity index (χ4n) is 12.7. The number of rotatable bonds is 40. The summed E-state index contributed by atoms with van der Waals surface area (Å²) >= 11 is 6.43. The summed E-state index contributed by atoms with van der Waals surface area (Å²) in [6.45, 7) is 14.0. The maximum Gasteiger partial charge on any atom is 0.365 e. The highest BCUT2D eigenvalue weighted by atomic mass is 32.2. The summed E-state index contributed by atoms with van der Waals surface area (Å²) in [4.78, 5) is 155. The molecule has 14 aromatic rings. The van der Waals surface area contributed by atoms with Gasteiger partial charge in [0.15, 0.2) is 11.5 Å². The summed E-state index contributed by atoms with van der Waals surface area (Å²) in [6, 6.07) is 118. The molecule has 0 aliphatic carbocycles. The normalized spacial score (nSPS) is 11.1.